The highest BCUT2D eigenvalue weighted by molar-refractivity contribution is 5.85. The quantitative estimate of drug-likeness (QED) is 0.180. The summed E-state index contributed by atoms with van der Waals surface area (Å²) in [6.45, 7) is 40.2. The van der Waals surface area contributed by atoms with Gasteiger partial charge in [-0.05, 0) is 55.8 Å². The maximum absolute atomic E-state index is 14.3. The second-order valence-electron chi connectivity index (χ2n) is 17.5. The zero-order valence-corrected chi connectivity index (χ0v) is 30.6. The molecule has 1 rings (SSSR count). The first-order valence-electron chi connectivity index (χ1n) is 16.8. The normalized spacial score (nSPS) is 17.0. The van der Waals surface area contributed by atoms with Crippen LogP contribution in [-0.2, 0) is 14.3 Å². The van der Waals surface area contributed by atoms with Gasteiger partial charge in [-0.3, -0.25) is 9.59 Å². The minimum absolute atomic E-state index is 0.0122. The van der Waals surface area contributed by atoms with Crippen molar-refractivity contribution < 1.29 is 14.3 Å². The summed E-state index contributed by atoms with van der Waals surface area (Å²) in [5.41, 5.74) is 0.251. The molecule has 0 radical (unpaired) electrons. The molecule has 0 saturated carbocycles. The Morgan fingerprint density at radius 3 is 1.86 bits per heavy atom. The highest BCUT2D eigenvalue weighted by Crippen LogP contribution is 2.44. The molecule has 1 atom stereocenters. The Hall–Kier alpha value is -1.36. The van der Waals surface area contributed by atoms with Gasteiger partial charge >= 0.3 is 0 Å². The van der Waals surface area contributed by atoms with Crippen molar-refractivity contribution in [1.29, 1.82) is 0 Å². The lowest BCUT2D eigenvalue weighted by molar-refractivity contribution is -0.147. The number of hydrogen-bond donors (Lipinski definition) is 0. The number of carbonyl (C=O) groups is 2. The summed E-state index contributed by atoms with van der Waals surface area (Å²) in [7, 11) is 0. The topological polar surface area (TPSA) is 49.9 Å². The van der Waals surface area contributed by atoms with Crippen LogP contribution in [0.15, 0.2) is 12.3 Å². The van der Waals surface area contributed by atoms with Crippen LogP contribution in [0.1, 0.15) is 142 Å². The second-order valence-corrected chi connectivity index (χ2v) is 17.5. The number of allylic oxidation sites excluding steroid dienone is 1. The molecule has 1 aliphatic heterocycles. The summed E-state index contributed by atoms with van der Waals surface area (Å²) in [4.78, 5) is 31.8. The van der Waals surface area contributed by atoms with Crippen molar-refractivity contribution in [1.82, 2.24) is 9.80 Å². The van der Waals surface area contributed by atoms with E-state index in [1.165, 1.54) is 5.70 Å². The van der Waals surface area contributed by atoms with Gasteiger partial charge in [0.05, 0.1) is 12.7 Å². The largest absolute Gasteiger partial charge is 0.377 e. The third kappa shape index (κ3) is 11.3. The number of ether oxygens (including phenoxy) is 1. The van der Waals surface area contributed by atoms with Gasteiger partial charge in [0.2, 0.25) is 5.91 Å². The molecular weight excluding hydrogens is 520 g/mol. The van der Waals surface area contributed by atoms with Crippen LogP contribution in [0.5, 0.6) is 0 Å². The van der Waals surface area contributed by atoms with Gasteiger partial charge in [0, 0.05) is 54.0 Å². The Morgan fingerprint density at radius 1 is 0.881 bits per heavy atom. The fourth-order valence-corrected chi connectivity index (χ4v) is 6.66. The highest BCUT2D eigenvalue weighted by Gasteiger charge is 2.42. The lowest BCUT2D eigenvalue weighted by Gasteiger charge is -2.47. The number of amides is 1. The van der Waals surface area contributed by atoms with Crippen LogP contribution in [0.2, 0.25) is 0 Å². The fourth-order valence-electron chi connectivity index (χ4n) is 6.66. The molecule has 0 spiro atoms. The molecule has 5 nitrogen and oxygen atoms in total. The van der Waals surface area contributed by atoms with Crippen molar-refractivity contribution in [3.63, 3.8) is 0 Å². The predicted molar refractivity (Wildman–Crippen MR) is 179 cm³/mol. The first kappa shape index (κ1) is 38.7. The van der Waals surface area contributed by atoms with Crippen molar-refractivity contribution >= 4 is 11.7 Å². The Morgan fingerprint density at radius 2 is 1.40 bits per heavy atom. The molecule has 1 fully saturated rings. The van der Waals surface area contributed by atoms with Gasteiger partial charge in [-0.1, -0.05) is 104 Å². The van der Waals surface area contributed by atoms with E-state index in [1.54, 1.807) is 0 Å². The second kappa shape index (κ2) is 14.6. The van der Waals surface area contributed by atoms with Gasteiger partial charge in [-0.2, -0.15) is 0 Å². The smallest absolute Gasteiger partial charge is 0.228 e. The molecular formula is C37H70N2O3. The average Bonchev–Trinajstić information content (AvgIpc) is 2.83. The Labute approximate surface area is 261 Å². The van der Waals surface area contributed by atoms with Crippen LogP contribution in [-0.4, -0.2) is 59.9 Å². The van der Waals surface area contributed by atoms with E-state index >= 15 is 0 Å². The van der Waals surface area contributed by atoms with Crippen molar-refractivity contribution in [3.05, 3.63) is 12.3 Å². The molecule has 1 aliphatic rings. The van der Waals surface area contributed by atoms with Crippen LogP contribution in [0.25, 0.3) is 0 Å². The Balaban J connectivity index is 3.08. The number of rotatable bonds is 16. The Kier molecular flexibility index (Phi) is 13.5. The maximum atomic E-state index is 14.3. The van der Waals surface area contributed by atoms with E-state index < -0.39 is 5.41 Å². The fraction of sp³-hybridized carbons (Fsp3) is 0.892. The van der Waals surface area contributed by atoms with E-state index in [9.17, 15) is 9.59 Å². The lowest BCUT2D eigenvalue weighted by atomic mass is 9.68. The number of ketones is 1. The SMILES string of the molecule is C=C(N1CCC(N(CCOC(C)CC)C(=O)C(C)(C)CC(C)(C)CC(=O)C(C)(C)C)CC1)C(C)(C)CC(C)(C)C(C)C. The van der Waals surface area contributed by atoms with E-state index in [-0.39, 0.29) is 45.5 Å². The summed E-state index contributed by atoms with van der Waals surface area (Å²) in [5, 5.41) is 0. The first-order chi connectivity index (χ1) is 18.9. The van der Waals surface area contributed by atoms with Crippen molar-refractivity contribution in [3.8, 4) is 0 Å². The summed E-state index contributed by atoms with van der Waals surface area (Å²) >= 11 is 0. The van der Waals surface area contributed by atoms with Crippen molar-refractivity contribution in [2.45, 2.75) is 155 Å². The van der Waals surface area contributed by atoms with E-state index in [1.807, 2.05) is 20.8 Å². The summed E-state index contributed by atoms with van der Waals surface area (Å²) in [6, 6.07) is 0.177. The molecule has 1 amide bonds. The Bertz CT molecular complexity index is 898. The number of piperidine rings is 1. The average molecular weight is 591 g/mol. The number of nitrogens with zero attached hydrogens (tertiary/aromatic N) is 2. The number of Topliss-reactive ketones (excluding diaryl/α,β-unsaturated/α-hetero) is 1. The molecule has 0 bridgehead atoms. The zero-order valence-electron chi connectivity index (χ0n) is 30.6. The molecule has 0 aromatic heterocycles. The van der Waals surface area contributed by atoms with E-state index in [0.29, 0.717) is 31.9 Å². The summed E-state index contributed by atoms with van der Waals surface area (Å²) < 4.78 is 6.07. The maximum Gasteiger partial charge on any atom is 0.228 e. The molecule has 0 N–H and O–H groups in total. The minimum Gasteiger partial charge on any atom is -0.377 e. The number of carbonyl (C=O) groups excluding carboxylic acids is 2. The monoisotopic (exact) mass is 591 g/mol. The van der Waals surface area contributed by atoms with Crippen LogP contribution in [0, 0.1) is 33.0 Å². The van der Waals surface area contributed by atoms with Crippen LogP contribution in [0.4, 0.5) is 0 Å². The third-order valence-corrected chi connectivity index (χ3v) is 10.1. The van der Waals surface area contributed by atoms with E-state index in [0.717, 1.165) is 38.8 Å². The summed E-state index contributed by atoms with van der Waals surface area (Å²) in [6.07, 6.45) is 5.24. The molecule has 1 unspecified atom stereocenters. The van der Waals surface area contributed by atoms with Crippen LogP contribution in [0.3, 0.4) is 0 Å². The van der Waals surface area contributed by atoms with Gasteiger partial charge in [0.25, 0.3) is 0 Å². The van der Waals surface area contributed by atoms with E-state index in [2.05, 4.69) is 99.5 Å². The molecule has 1 heterocycles. The molecule has 0 aliphatic carbocycles. The molecule has 0 aromatic carbocycles. The molecule has 42 heavy (non-hydrogen) atoms. The minimum atomic E-state index is -0.580. The molecule has 246 valence electrons. The van der Waals surface area contributed by atoms with Gasteiger partial charge in [0.15, 0.2) is 0 Å². The molecule has 0 aromatic rings. The molecule has 1 saturated heterocycles. The number of likely N-dealkylation sites (tertiary alicyclic amines) is 1. The van der Waals surface area contributed by atoms with Crippen molar-refractivity contribution in [2.75, 3.05) is 26.2 Å². The number of hydrogen-bond acceptors (Lipinski definition) is 4. The van der Waals surface area contributed by atoms with Gasteiger partial charge < -0.3 is 14.5 Å². The van der Waals surface area contributed by atoms with Gasteiger partial charge in [-0.15, -0.1) is 0 Å². The van der Waals surface area contributed by atoms with Crippen molar-refractivity contribution in [2.24, 2.45) is 33.0 Å². The standard InChI is InChI=1S/C37H70N2O3/c1-17-28(4)42-23-22-39(32(41)37(15,16)25-34(9,10)24-31(40)33(6,7)8)30-18-20-38(21-19-30)29(5)36(13,14)26-35(11,12)27(2)3/h27-28,30H,5,17-26H2,1-4,6-16H3. The predicted octanol–water partition coefficient (Wildman–Crippen LogP) is 9.15. The zero-order chi connectivity index (χ0) is 32.9. The summed E-state index contributed by atoms with van der Waals surface area (Å²) in [5.74, 6) is 1.04. The lowest BCUT2D eigenvalue weighted by Crippen LogP contribution is -2.53. The van der Waals surface area contributed by atoms with Crippen LogP contribution >= 0.6 is 0 Å². The first-order valence-corrected chi connectivity index (χ1v) is 16.8. The van der Waals surface area contributed by atoms with E-state index in [4.69, 9.17) is 4.74 Å². The van der Waals surface area contributed by atoms with Crippen LogP contribution < -0.4 is 0 Å². The third-order valence-electron chi connectivity index (χ3n) is 10.1. The molecule has 5 heteroatoms. The highest BCUT2D eigenvalue weighted by atomic mass is 16.5. The van der Waals surface area contributed by atoms with Gasteiger partial charge in [-0.25, -0.2) is 0 Å². The van der Waals surface area contributed by atoms with Gasteiger partial charge in [0.1, 0.15) is 5.78 Å².